The minimum atomic E-state index is -3.23. The monoisotopic (exact) mass is 372 g/mol. The van der Waals surface area contributed by atoms with Crippen LogP contribution in [0.4, 0.5) is 0 Å². The van der Waals surface area contributed by atoms with Crippen molar-refractivity contribution in [1.82, 2.24) is 19.0 Å². The molecule has 2 rings (SSSR count). The van der Waals surface area contributed by atoms with Gasteiger partial charge in [0.2, 0.25) is 10.0 Å². The van der Waals surface area contributed by atoms with Gasteiger partial charge in [0.05, 0.1) is 24.9 Å². The van der Waals surface area contributed by atoms with Crippen molar-refractivity contribution in [3.63, 3.8) is 0 Å². The lowest BCUT2D eigenvalue weighted by Crippen LogP contribution is -2.51. The lowest BCUT2D eigenvalue weighted by molar-refractivity contribution is -0.152. The molecular formula is C15H24N4O5S. The van der Waals surface area contributed by atoms with Crippen LogP contribution in [0, 0.1) is 13.8 Å². The van der Waals surface area contributed by atoms with Gasteiger partial charge in [0.1, 0.15) is 0 Å². The van der Waals surface area contributed by atoms with Crippen LogP contribution in [0.2, 0.25) is 0 Å². The van der Waals surface area contributed by atoms with E-state index in [1.54, 1.807) is 4.68 Å². The quantitative estimate of drug-likeness (QED) is 0.626. The van der Waals surface area contributed by atoms with Crippen LogP contribution >= 0.6 is 0 Å². The van der Waals surface area contributed by atoms with E-state index in [-0.39, 0.29) is 32.0 Å². The van der Waals surface area contributed by atoms with Gasteiger partial charge in [0.15, 0.2) is 6.61 Å². The van der Waals surface area contributed by atoms with Gasteiger partial charge in [0, 0.05) is 31.9 Å². The predicted molar refractivity (Wildman–Crippen MR) is 90.3 cm³/mol. The Balaban J connectivity index is 1.71. The molecule has 0 spiro atoms. The Hall–Kier alpha value is -1.94. The van der Waals surface area contributed by atoms with Crippen molar-refractivity contribution in [3.8, 4) is 0 Å². The molecule has 0 aromatic carbocycles. The van der Waals surface area contributed by atoms with E-state index in [0.29, 0.717) is 19.6 Å². The molecule has 10 heteroatoms. The maximum absolute atomic E-state index is 12.1. The molecule has 0 N–H and O–H groups in total. The Kier molecular flexibility index (Phi) is 6.17. The largest absolute Gasteiger partial charge is 0.456 e. The number of hydrogen-bond donors (Lipinski definition) is 0. The molecule has 0 saturated carbocycles. The number of ether oxygens (including phenoxy) is 1. The summed E-state index contributed by atoms with van der Waals surface area (Å²) < 4.78 is 30.9. The second kappa shape index (κ2) is 7.96. The highest BCUT2D eigenvalue weighted by atomic mass is 32.2. The number of nitrogens with zero attached hydrogens (tertiary/aromatic N) is 4. The second-order valence-corrected chi connectivity index (χ2v) is 8.09. The normalized spacial score (nSPS) is 16.0. The molecule has 1 fully saturated rings. The van der Waals surface area contributed by atoms with E-state index in [4.69, 9.17) is 4.74 Å². The zero-order valence-corrected chi connectivity index (χ0v) is 15.6. The van der Waals surface area contributed by atoms with Gasteiger partial charge in [0.25, 0.3) is 5.91 Å². The maximum Gasteiger partial charge on any atom is 0.308 e. The van der Waals surface area contributed by atoms with Crippen molar-refractivity contribution in [2.24, 2.45) is 0 Å². The fourth-order valence-electron chi connectivity index (χ4n) is 2.67. The lowest BCUT2D eigenvalue weighted by Gasteiger charge is -2.33. The van der Waals surface area contributed by atoms with E-state index < -0.39 is 16.0 Å². The number of rotatable bonds is 6. The number of carbonyl (C=O) groups is 2. The molecule has 9 nitrogen and oxygen atoms in total. The van der Waals surface area contributed by atoms with E-state index in [2.05, 4.69) is 5.10 Å². The Morgan fingerprint density at radius 1 is 1.20 bits per heavy atom. The number of hydrogen-bond acceptors (Lipinski definition) is 6. The summed E-state index contributed by atoms with van der Waals surface area (Å²) in [7, 11) is -3.23. The number of sulfonamides is 1. The van der Waals surface area contributed by atoms with E-state index in [0.717, 1.165) is 17.6 Å². The summed E-state index contributed by atoms with van der Waals surface area (Å²) in [5.41, 5.74) is 1.85. The van der Waals surface area contributed by atoms with Crippen molar-refractivity contribution < 1.29 is 22.7 Å². The van der Waals surface area contributed by atoms with E-state index in [9.17, 15) is 18.0 Å². The van der Waals surface area contributed by atoms with Crippen LogP contribution in [0.15, 0.2) is 6.07 Å². The zero-order valence-electron chi connectivity index (χ0n) is 14.8. The van der Waals surface area contributed by atoms with Gasteiger partial charge in [-0.1, -0.05) is 0 Å². The first-order chi connectivity index (χ1) is 11.7. The molecule has 1 aromatic rings. The van der Waals surface area contributed by atoms with Crippen LogP contribution in [0.5, 0.6) is 0 Å². The van der Waals surface area contributed by atoms with Crippen molar-refractivity contribution in [2.45, 2.75) is 26.8 Å². The van der Waals surface area contributed by atoms with Crippen molar-refractivity contribution in [1.29, 1.82) is 0 Å². The lowest BCUT2D eigenvalue weighted by atomic mass is 10.3. The van der Waals surface area contributed by atoms with E-state index >= 15 is 0 Å². The van der Waals surface area contributed by atoms with Gasteiger partial charge in [-0.15, -0.1) is 0 Å². The molecule has 0 aliphatic carbocycles. The molecule has 1 aliphatic heterocycles. The van der Waals surface area contributed by atoms with Crippen molar-refractivity contribution in [3.05, 3.63) is 17.5 Å². The maximum atomic E-state index is 12.1. The highest BCUT2D eigenvalue weighted by Gasteiger charge is 2.26. The summed E-state index contributed by atoms with van der Waals surface area (Å²) in [5, 5.41) is 4.26. The molecule has 0 unspecified atom stereocenters. The molecule has 1 aromatic heterocycles. The first-order valence-corrected chi connectivity index (χ1v) is 9.91. The summed E-state index contributed by atoms with van der Waals surface area (Å²) in [5.74, 6) is -0.775. The summed E-state index contributed by atoms with van der Waals surface area (Å²) in [6, 6.07) is 1.92. The zero-order chi connectivity index (χ0) is 18.6. The standard InChI is InChI=1S/C15H24N4O5S/c1-12-10-13(2)19(16-12)5-4-15(21)24-11-14(20)17-6-8-18(9-7-17)25(3,22)23/h10H,4-9,11H2,1-3H3. The molecule has 1 saturated heterocycles. The molecule has 140 valence electrons. The SMILES string of the molecule is Cc1cc(C)n(CCC(=O)OCC(=O)N2CCN(S(C)(=O)=O)CC2)n1. The number of esters is 1. The average molecular weight is 372 g/mol. The van der Waals surface area contributed by atoms with Gasteiger partial charge < -0.3 is 9.64 Å². The van der Waals surface area contributed by atoms with Crippen LogP contribution in [0.1, 0.15) is 17.8 Å². The molecule has 0 bridgehead atoms. The molecule has 0 atom stereocenters. The van der Waals surface area contributed by atoms with Crippen LogP contribution in [-0.2, 0) is 30.9 Å². The Morgan fingerprint density at radius 2 is 1.84 bits per heavy atom. The van der Waals surface area contributed by atoms with Crippen LogP contribution in [-0.4, -0.2) is 78.3 Å². The molecule has 1 aliphatic rings. The third-order valence-corrected chi connectivity index (χ3v) is 5.35. The third kappa shape index (κ3) is 5.53. The Bertz CT molecular complexity index is 735. The first kappa shape index (κ1) is 19.4. The fourth-order valence-corrected chi connectivity index (χ4v) is 3.50. The molecule has 1 amide bonds. The van der Waals surface area contributed by atoms with Gasteiger partial charge in [-0.3, -0.25) is 14.3 Å². The van der Waals surface area contributed by atoms with E-state index in [1.165, 1.54) is 9.21 Å². The van der Waals surface area contributed by atoms with Crippen molar-refractivity contribution in [2.75, 3.05) is 39.0 Å². The summed E-state index contributed by atoms with van der Waals surface area (Å²) >= 11 is 0. The number of amides is 1. The van der Waals surface area contributed by atoms with Crippen LogP contribution in [0.25, 0.3) is 0 Å². The molecule has 0 radical (unpaired) electrons. The Morgan fingerprint density at radius 3 is 2.36 bits per heavy atom. The Labute approximate surface area is 147 Å². The number of aryl methyl sites for hydroxylation is 3. The minimum Gasteiger partial charge on any atom is -0.456 e. The van der Waals surface area contributed by atoms with Gasteiger partial charge in [-0.05, 0) is 19.9 Å². The minimum absolute atomic E-state index is 0.136. The molecule has 2 heterocycles. The summed E-state index contributed by atoms with van der Waals surface area (Å²) in [4.78, 5) is 25.3. The average Bonchev–Trinajstić information content (AvgIpc) is 2.87. The smallest absolute Gasteiger partial charge is 0.308 e. The molecule has 25 heavy (non-hydrogen) atoms. The number of carbonyl (C=O) groups excluding carboxylic acids is 2. The number of aromatic nitrogens is 2. The molecular weight excluding hydrogens is 348 g/mol. The topological polar surface area (TPSA) is 102 Å². The van der Waals surface area contributed by atoms with Gasteiger partial charge in [-0.25, -0.2) is 8.42 Å². The highest BCUT2D eigenvalue weighted by Crippen LogP contribution is 2.07. The fraction of sp³-hybridized carbons (Fsp3) is 0.667. The summed E-state index contributed by atoms with van der Waals surface area (Å²) in [6.07, 6.45) is 1.28. The van der Waals surface area contributed by atoms with Crippen LogP contribution in [0.3, 0.4) is 0 Å². The van der Waals surface area contributed by atoms with Crippen molar-refractivity contribution >= 4 is 21.9 Å². The van der Waals surface area contributed by atoms with E-state index in [1.807, 2.05) is 19.9 Å². The number of piperazine rings is 1. The highest BCUT2D eigenvalue weighted by molar-refractivity contribution is 7.88. The predicted octanol–water partition coefficient (Wildman–Crippen LogP) is -0.463. The first-order valence-electron chi connectivity index (χ1n) is 8.06. The second-order valence-electron chi connectivity index (χ2n) is 6.10. The van der Waals surface area contributed by atoms with Crippen LogP contribution < -0.4 is 0 Å². The van der Waals surface area contributed by atoms with Gasteiger partial charge in [-0.2, -0.15) is 9.40 Å². The summed E-state index contributed by atoms with van der Waals surface area (Å²) in [6.45, 7) is 4.99. The third-order valence-electron chi connectivity index (χ3n) is 4.05. The van der Waals surface area contributed by atoms with Gasteiger partial charge >= 0.3 is 5.97 Å².